The van der Waals surface area contributed by atoms with Gasteiger partial charge < -0.3 is 19.4 Å². The summed E-state index contributed by atoms with van der Waals surface area (Å²) in [7, 11) is 0. The standard InChI is InChI=1S/C21H15FN8O4/c22-11-1-4-15(13(8-11)16-5-6-24-34-16)33-21-27-17-10(7-14-18(31)28-20(32)26-14)9-23-30(17)19(29-21)25-12-2-3-12/h1,4-9,12,31H,2-3H2,(H2,26,28,32)/b10-7+,25-19?. The van der Waals surface area contributed by atoms with Crippen molar-refractivity contribution >= 4 is 11.7 Å². The Kier molecular flexibility index (Phi) is 4.47. The van der Waals surface area contributed by atoms with E-state index in [9.17, 15) is 14.3 Å². The highest BCUT2D eigenvalue weighted by Gasteiger charge is 2.21. The van der Waals surface area contributed by atoms with Gasteiger partial charge in [-0.15, -0.1) is 0 Å². The van der Waals surface area contributed by atoms with Gasteiger partial charge in [0.25, 0.3) is 5.62 Å². The van der Waals surface area contributed by atoms with Crippen LogP contribution in [-0.2, 0) is 0 Å². The van der Waals surface area contributed by atoms with Crippen LogP contribution in [0.2, 0.25) is 0 Å². The normalized spacial score (nSPS) is 14.9. The fourth-order valence-electron chi connectivity index (χ4n) is 3.34. The van der Waals surface area contributed by atoms with Crippen molar-refractivity contribution in [2.24, 2.45) is 4.99 Å². The molecular weight excluding hydrogens is 447 g/mol. The van der Waals surface area contributed by atoms with Crippen LogP contribution >= 0.6 is 0 Å². The fourth-order valence-corrected chi connectivity index (χ4v) is 3.34. The number of benzene rings is 1. The summed E-state index contributed by atoms with van der Waals surface area (Å²) in [5.74, 6) is -0.241. The summed E-state index contributed by atoms with van der Waals surface area (Å²) in [6.45, 7) is 0. The Morgan fingerprint density at radius 1 is 1.26 bits per heavy atom. The molecule has 1 saturated carbocycles. The summed E-state index contributed by atoms with van der Waals surface area (Å²) in [5, 5.41) is 18.3. The second-order valence-corrected chi connectivity index (χ2v) is 7.61. The maximum Gasteiger partial charge on any atom is 0.327 e. The molecule has 4 aromatic heterocycles. The van der Waals surface area contributed by atoms with E-state index in [1.165, 1.54) is 41.2 Å². The SMILES string of the molecule is O=c1[nH]c(O)c(/C=c2\cnn3c(=NC4CC4)nc(Oc4ccc(F)cc4-c4ccno4)nc23)[nH]1. The molecule has 0 amide bonds. The highest BCUT2D eigenvalue weighted by molar-refractivity contribution is 5.66. The lowest BCUT2D eigenvalue weighted by atomic mass is 10.1. The van der Waals surface area contributed by atoms with E-state index in [0.29, 0.717) is 22.2 Å². The molecule has 0 saturated heterocycles. The van der Waals surface area contributed by atoms with Gasteiger partial charge >= 0.3 is 11.7 Å². The first-order valence-electron chi connectivity index (χ1n) is 10.2. The van der Waals surface area contributed by atoms with Crippen molar-refractivity contribution in [3.8, 4) is 29.0 Å². The Bertz CT molecular complexity index is 1700. The van der Waals surface area contributed by atoms with Gasteiger partial charge in [0.2, 0.25) is 5.88 Å². The van der Waals surface area contributed by atoms with Gasteiger partial charge in [-0.1, -0.05) is 5.16 Å². The molecule has 3 N–H and O–H groups in total. The van der Waals surface area contributed by atoms with E-state index >= 15 is 0 Å². The van der Waals surface area contributed by atoms with Gasteiger partial charge in [0.05, 0.1) is 24.0 Å². The highest BCUT2D eigenvalue weighted by Crippen LogP contribution is 2.32. The van der Waals surface area contributed by atoms with Crippen LogP contribution in [0.3, 0.4) is 0 Å². The van der Waals surface area contributed by atoms with Crippen molar-refractivity contribution < 1.29 is 18.8 Å². The quantitative estimate of drug-likeness (QED) is 0.349. The molecule has 5 aromatic rings. The van der Waals surface area contributed by atoms with E-state index in [-0.39, 0.29) is 35.0 Å². The van der Waals surface area contributed by atoms with Gasteiger partial charge in [0.15, 0.2) is 11.4 Å². The van der Waals surface area contributed by atoms with Crippen LogP contribution in [0.25, 0.3) is 23.0 Å². The molecule has 13 heteroatoms. The summed E-state index contributed by atoms with van der Waals surface area (Å²) in [6.07, 6.45) is 6.32. The summed E-state index contributed by atoms with van der Waals surface area (Å²) >= 11 is 0. The lowest BCUT2D eigenvalue weighted by molar-refractivity contribution is 0.417. The number of fused-ring (bicyclic) bond motifs is 1. The third-order valence-corrected chi connectivity index (χ3v) is 5.08. The number of nitrogens with zero attached hydrogens (tertiary/aromatic N) is 6. The first-order chi connectivity index (χ1) is 16.5. The van der Waals surface area contributed by atoms with Crippen molar-refractivity contribution in [1.29, 1.82) is 0 Å². The molecule has 6 rings (SSSR count). The number of H-pyrrole nitrogens is 2. The second kappa shape index (κ2) is 7.65. The number of halogens is 1. The van der Waals surface area contributed by atoms with Crippen molar-refractivity contribution in [2.45, 2.75) is 18.9 Å². The minimum Gasteiger partial charge on any atom is -0.493 e. The van der Waals surface area contributed by atoms with Crippen molar-refractivity contribution in [3.05, 3.63) is 69.5 Å². The first-order valence-corrected chi connectivity index (χ1v) is 10.2. The number of hydrogen-bond donors (Lipinski definition) is 3. The predicted octanol–water partition coefficient (Wildman–Crippen LogP) is 1.04. The van der Waals surface area contributed by atoms with Crippen LogP contribution in [0.15, 0.2) is 51.0 Å². The van der Waals surface area contributed by atoms with Crippen LogP contribution in [-0.4, -0.2) is 45.9 Å². The van der Waals surface area contributed by atoms with E-state index in [0.717, 1.165) is 12.8 Å². The van der Waals surface area contributed by atoms with Crippen molar-refractivity contribution in [3.63, 3.8) is 0 Å². The van der Waals surface area contributed by atoms with E-state index in [2.05, 4.69) is 35.2 Å². The maximum absolute atomic E-state index is 13.9. The number of nitrogens with one attached hydrogen (secondary N) is 2. The molecule has 1 aromatic carbocycles. The summed E-state index contributed by atoms with van der Waals surface area (Å²) < 4.78 is 26.5. The zero-order valence-corrected chi connectivity index (χ0v) is 17.3. The van der Waals surface area contributed by atoms with Crippen LogP contribution in [0.1, 0.15) is 18.5 Å². The van der Waals surface area contributed by atoms with E-state index in [4.69, 9.17) is 9.26 Å². The summed E-state index contributed by atoms with van der Waals surface area (Å²) in [4.78, 5) is 29.6. The number of aromatic hydroxyl groups is 1. The Labute approximate surface area is 188 Å². The molecule has 4 heterocycles. The monoisotopic (exact) mass is 462 g/mol. The molecule has 1 aliphatic rings. The highest BCUT2D eigenvalue weighted by atomic mass is 19.1. The summed E-state index contributed by atoms with van der Waals surface area (Å²) in [5.41, 5.74) is 0.538. The molecule has 0 spiro atoms. The molecule has 34 heavy (non-hydrogen) atoms. The van der Waals surface area contributed by atoms with Gasteiger partial charge in [0, 0.05) is 11.3 Å². The van der Waals surface area contributed by atoms with Gasteiger partial charge in [-0.25, -0.2) is 14.2 Å². The number of imidazole rings is 1. The smallest absolute Gasteiger partial charge is 0.327 e. The van der Waals surface area contributed by atoms with Crippen LogP contribution in [0.4, 0.5) is 4.39 Å². The van der Waals surface area contributed by atoms with Crippen molar-refractivity contribution in [2.75, 3.05) is 0 Å². The van der Waals surface area contributed by atoms with E-state index < -0.39 is 11.5 Å². The predicted molar refractivity (Wildman–Crippen MR) is 113 cm³/mol. The Balaban J connectivity index is 1.51. The minimum atomic E-state index is -0.556. The molecule has 170 valence electrons. The number of hydrogen-bond acceptors (Lipinski definition) is 9. The zero-order valence-electron chi connectivity index (χ0n) is 17.3. The Hall–Kier alpha value is -4.81. The average Bonchev–Trinajstić information content (AvgIpc) is 3.18. The lowest BCUT2D eigenvalue weighted by Crippen LogP contribution is -2.23. The number of ether oxygens (including phenoxy) is 1. The van der Waals surface area contributed by atoms with E-state index in [1.807, 2.05) is 0 Å². The molecule has 0 atom stereocenters. The fraction of sp³-hybridized carbons (Fsp3) is 0.143. The molecule has 0 radical (unpaired) electrons. The van der Waals surface area contributed by atoms with Crippen LogP contribution in [0, 0.1) is 5.82 Å². The summed E-state index contributed by atoms with van der Waals surface area (Å²) in [6, 6.07) is 5.58. The van der Waals surface area contributed by atoms with Gasteiger partial charge in [-0.3, -0.25) is 4.98 Å². The van der Waals surface area contributed by atoms with Crippen LogP contribution < -0.4 is 21.3 Å². The average molecular weight is 462 g/mol. The zero-order chi connectivity index (χ0) is 23.2. The molecule has 0 bridgehead atoms. The maximum atomic E-state index is 13.9. The van der Waals surface area contributed by atoms with Crippen LogP contribution in [0.5, 0.6) is 17.6 Å². The number of aromatic nitrogens is 7. The largest absolute Gasteiger partial charge is 0.493 e. The third-order valence-electron chi connectivity index (χ3n) is 5.08. The molecule has 0 aliphatic heterocycles. The minimum absolute atomic E-state index is 0.0544. The van der Waals surface area contributed by atoms with Gasteiger partial charge in [-0.05, 0) is 37.1 Å². The molecular formula is C21H15FN8O4. The molecule has 1 aliphatic carbocycles. The molecule has 1 fully saturated rings. The Morgan fingerprint density at radius 3 is 2.88 bits per heavy atom. The van der Waals surface area contributed by atoms with Gasteiger partial charge in [-0.2, -0.15) is 19.6 Å². The lowest BCUT2D eigenvalue weighted by Gasteiger charge is -2.08. The van der Waals surface area contributed by atoms with E-state index in [1.54, 1.807) is 6.07 Å². The van der Waals surface area contributed by atoms with Gasteiger partial charge in [0.1, 0.15) is 17.3 Å². The third kappa shape index (κ3) is 3.68. The Morgan fingerprint density at radius 2 is 2.15 bits per heavy atom. The van der Waals surface area contributed by atoms with Crippen molar-refractivity contribution in [1.82, 2.24) is 34.7 Å². The topological polar surface area (TPSA) is 160 Å². The first kappa shape index (κ1) is 19.8. The molecule has 12 nitrogen and oxygen atoms in total. The second-order valence-electron chi connectivity index (χ2n) is 7.61. The molecule has 0 unspecified atom stereocenters. The number of aromatic amines is 2. The number of rotatable bonds is 5.